The second kappa shape index (κ2) is 7.49. The monoisotopic (exact) mass is 211 g/mol. The third kappa shape index (κ3) is 5.00. The molecule has 15 heavy (non-hydrogen) atoms. The Morgan fingerprint density at radius 1 is 1.33 bits per heavy atom. The van der Waals surface area contributed by atoms with E-state index in [9.17, 15) is 0 Å². The number of hydrogen-bond donors (Lipinski definition) is 1. The summed E-state index contributed by atoms with van der Waals surface area (Å²) in [5.74, 6) is 1.05. The average molecular weight is 211 g/mol. The Labute approximate surface area is 91.8 Å². The van der Waals surface area contributed by atoms with Gasteiger partial charge in [-0.15, -0.1) is 0 Å². The maximum absolute atomic E-state index is 5.33. The highest BCUT2D eigenvalue weighted by atomic mass is 16.5. The van der Waals surface area contributed by atoms with Gasteiger partial charge in [0.25, 0.3) is 0 Å². The molecular formula is C12H21NO2. The first-order valence-electron chi connectivity index (χ1n) is 5.57. The molecule has 0 aromatic carbocycles. The summed E-state index contributed by atoms with van der Waals surface area (Å²) in [6, 6.07) is 2.00. The van der Waals surface area contributed by atoms with Gasteiger partial charge in [-0.2, -0.15) is 0 Å². The van der Waals surface area contributed by atoms with Crippen LogP contribution in [0.1, 0.15) is 30.6 Å². The van der Waals surface area contributed by atoms with Crippen LogP contribution >= 0.6 is 0 Å². The van der Waals surface area contributed by atoms with Crippen molar-refractivity contribution in [3.63, 3.8) is 0 Å². The third-order valence-electron chi connectivity index (χ3n) is 2.46. The molecule has 0 aliphatic carbocycles. The number of ether oxygens (including phenoxy) is 1. The van der Waals surface area contributed by atoms with Crippen molar-refractivity contribution in [1.82, 2.24) is 5.32 Å². The second-order valence-electron chi connectivity index (χ2n) is 3.76. The molecule has 0 aliphatic heterocycles. The SMILES string of the molecule is COCCCCCNCc1occc1C. The molecule has 0 unspecified atom stereocenters. The first kappa shape index (κ1) is 12.3. The highest BCUT2D eigenvalue weighted by Gasteiger charge is 1.99. The predicted octanol–water partition coefficient (Wildman–Crippen LogP) is 2.49. The molecule has 1 rings (SSSR count). The summed E-state index contributed by atoms with van der Waals surface area (Å²) in [6.07, 6.45) is 5.31. The normalized spacial score (nSPS) is 10.8. The van der Waals surface area contributed by atoms with Crippen molar-refractivity contribution < 1.29 is 9.15 Å². The molecule has 1 N–H and O–H groups in total. The molecule has 0 fully saturated rings. The molecule has 3 nitrogen and oxygen atoms in total. The Kier molecular flexibility index (Phi) is 6.12. The van der Waals surface area contributed by atoms with Crippen molar-refractivity contribution in [2.45, 2.75) is 32.7 Å². The average Bonchev–Trinajstić information content (AvgIpc) is 2.63. The number of methoxy groups -OCH3 is 1. The smallest absolute Gasteiger partial charge is 0.120 e. The zero-order valence-corrected chi connectivity index (χ0v) is 9.71. The van der Waals surface area contributed by atoms with E-state index in [2.05, 4.69) is 12.2 Å². The Bertz CT molecular complexity index is 258. The number of unbranched alkanes of at least 4 members (excludes halogenated alkanes) is 2. The Balaban J connectivity index is 1.96. The first-order valence-corrected chi connectivity index (χ1v) is 5.57. The van der Waals surface area contributed by atoms with Gasteiger partial charge in [0.2, 0.25) is 0 Å². The quantitative estimate of drug-likeness (QED) is 0.671. The number of furan rings is 1. The van der Waals surface area contributed by atoms with Crippen LogP contribution in [-0.4, -0.2) is 20.3 Å². The number of hydrogen-bond acceptors (Lipinski definition) is 3. The van der Waals surface area contributed by atoms with Crippen molar-refractivity contribution in [3.05, 3.63) is 23.7 Å². The molecule has 0 saturated heterocycles. The molecule has 1 aromatic rings. The molecule has 1 heterocycles. The molecule has 86 valence electrons. The fourth-order valence-corrected chi connectivity index (χ4v) is 1.46. The highest BCUT2D eigenvalue weighted by molar-refractivity contribution is 5.13. The van der Waals surface area contributed by atoms with Gasteiger partial charge in [0.1, 0.15) is 5.76 Å². The maximum Gasteiger partial charge on any atom is 0.120 e. The van der Waals surface area contributed by atoms with E-state index in [4.69, 9.17) is 9.15 Å². The van der Waals surface area contributed by atoms with Gasteiger partial charge in [-0.3, -0.25) is 0 Å². The van der Waals surface area contributed by atoms with E-state index >= 15 is 0 Å². The zero-order valence-electron chi connectivity index (χ0n) is 9.71. The van der Waals surface area contributed by atoms with Gasteiger partial charge in [0.15, 0.2) is 0 Å². The van der Waals surface area contributed by atoms with Crippen LogP contribution in [-0.2, 0) is 11.3 Å². The Hall–Kier alpha value is -0.800. The summed E-state index contributed by atoms with van der Waals surface area (Å²) in [6.45, 7) is 4.82. The lowest BCUT2D eigenvalue weighted by molar-refractivity contribution is 0.192. The fourth-order valence-electron chi connectivity index (χ4n) is 1.46. The molecule has 0 aliphatic rings. The van der Waals surface area contributed by atoms with E-state index in [-0.39, 0.29) is 0 Å². The van der Waals surface area contributed by atoms with Crippen LogP contribution < -0.4 is 5.32 Å². The van der Waals surface area contributed by atoms with Crippen LogP contribution in [0.3, 0.4) is 0 Å². The molecular weight excluding hydrogens is 190 g/mol. The zero-order chi connectivity index (χ0) is 10.9. The van der Waals surface area contributed by atoms with Gasteiger partial charge < -0.3 is 14.5 Å². The van der Waals surface area contributed by atoms with Crippen molar-refractivity contribution in [3.8, 4) is 0 Å². The van der Waals surface area contributed by atoms with Gasteiger partial charge in [-0.05, 0) is 44.4 Å². The summed E-state index contributed by atoms with van der Waals surface area (Å²) >= 11 is 0. The molecule has 0 spiro atoms. The van der Waals surface area contributed by atoms with Crippen LogP contribution in [0.15, 0.2) is 16.7 Å². The van der Waals surface area contributed by atoms with Crippen LogP contribution in [0.4, 0.5) is 0 Å². The van der Waals surface area contributed by atoms with E-state index in [0.29, 0.717) is 0 Å². The highest BCUT2D eigenvalue weighted by Crippen LogP contribution is 2.07. The van der Waals surface area contributed by atoms with E-state index < -0.39 is 0 Å². The summed E-state index contributed by atoms with van der Waals surface area (Å²) in [5, 5.41) is 3.37. The summed E-state index contributed by atoms with van der Waals surface area (Å²) in [4.78, 5) is 0. The maximum atomic E-state index is 5.33. The van der Waals surface area contributed by atoms with Gasteiger partial charge >= 0.3 is 0 Å². The van der Waals surface area contributed by atoms with E-state index in [1.54, 1.807) is 13.4 Å². The molecule has 0 atom stereocenters. The van der Waals surface area contributed by atoms with Crippen molar-refractivity contribution in [2.75, 3.05) is 20.3 Å². The van der Waals surface area contributed by atoms with E-state index in [1.165, 1.54) is 18.4 Å². The van der Waals surface area contributed by atoms with Crippen LogP contribution in [0.25, 0.3) is 0 Å². The second-order valence-corrected chi connectivity index (χ2v) is 3.76. The molecule has 1 aromatic heterocycles. The Morgan fingerprint density at radius 2 is 2.20 bits per heavy atom. The lowest BCUT2D eigenvalue weighted by Crippen LogP contribution is -2.14. The van der Waals surface area contributed by atoms with E-state index in [0.717, 1.165) is 31.9 Å². The predicted molar refractivity (Wildman–Crippen MR) is 60.9 cm³/mol. The topological polar surface area (TPSA) is 34.4 Å². The van der Waals surface area contributed by atoms with Gasteiger partial charge in [-0.25, -0.2) is 0 Å². The van der Waals surface area contributed by atoms with Crippen molar-refractivity contribution >= 4 is 0 Å². The first-order chi connectivity index (χ1) is 7.34. The minimum atomic E-state index is 0.836. The fraction of sp³-hybridized carbons (Fsp3) is 0.667. The lowest BCUT2D eigenvalue weighted by Gasteiger charge is -2.03. The minimum Gasteiger partial charge on any atom is -0.468 e. The summed E-state index contributed by atoms with van der Waals surface area (Å²) in [5.41, 5.74) is 1.22. The third-order valence-corrected chi connectivity index (χ3v) is 2.46. The number of nitrogens with one attached hydrogen (secondary N) is 1. The van der Waals surface area contributed by atoms with Gasteiger partial charge in [0.05, 0.1) is 12.8 Å². The molecule has 3 heteroatoms. The van der Waals surface area contributed by atoms with Gasteiger partial charge in [0, 0.05) is 13.7 Å². The molecule has 0 bridgehead atoms. The molecule has 0 radical (unpaired) electrons. The van der Waals surface area contributed by atoms with E-state index in [1.807, 2.05) is 6.07 Å². The standard InChI is InChI=1S/C12H21NO2/c1-11-6-9-15-12(11)10-13-7-4-3-5-8-14-2/h6,9,13H,3-5,7-8,10H2,1-2H3. The largest absolute Gasteiger partial charge is 0.468 e. The van der Waals surface area contributed by atoms with Gasteiger partial charge in [-0.1, -0.05) is 0 Å². The minimum absolute atomic E-state index is 0.836. The van der Waals surface area contributed by atoms with Crippen LogP contribution in [0, 0.1) is 6.92 Å². The lowest BCUT2D eigenvalue weighted by atomic mass is 10.2. The Morgan fingerprint density at radius 3 is 2.87 bits per heavy atom. The van der Waals surface area contributed by atoms with Crippen LogP contribution in [0.5, 0.6) is 0 Å². The number of rotatable bonds is 8. The molecule has 0 saturated carbocycles. The molecule has 0 amide bonds. The summed E-state index contributed by atoms with van der Waals surface area (Å²) < 4.78 is 10.3. The van der Waals surface area contributed by atoms with Crippen LogP contribution in [0.2, 0.25) is 0 Å². The number of aryl methyl sites for hydroxylation is 1. The summed E-state index contributed by atoms with van der Waals surface area (Å²) in [7, 11) is 1.75. The van der Waals surface area contributed by atoms with Crippen molar-refractivity contribution in [1.29, 1.82) is 0 Å². The van der Waals surface area contributed by atoms with Crippen molar-refractivity contribution in [2.24, 2.45) is 0 Å².